The van der Waals surface area contributed by atoms with E-state index in [0.717, 1.165) is 5.69 Å². The fraction of sp³-hybridized carbons (Fsp3) is 0.0909. The molecular formula is C11H12N2. The Hall–Kier alpha value is -1.70. The second kappa shape index (κ2) is 2.98. The van der Waals surface area contributed by atoms with Gasteiger partial charge in [0.05, 0.1) is 0 Å². The van der Waals surface area contributed by atoms with E-state index in [2.05, 4.69) is 11.9 Å². The second-order valence-corrected chi connectivity index (χ2v) is 3.17. The lowest BCUT2D eigenvalue weighted by Gasteiger charge is -1.99. The topological polar surface area (TPSA) is 41.8 Å². The molecule has 0 radical (unpaired) electrons. The lowest BCUT2D eigenvalue weighted by Crippen LogP contribution is -1.83. The van der Waals surface area contributed by atoms with E-state index in [1.165, 1.54) is 16.7 Å². The zero-order chi connectivity index (χ0) is 9.26. The number of aromatic nitrogens is 1. The van der Waals surface area contributed by atoms with E-state index in [1.54, 1.807) is 0 Å². The predicted octanol–water partition coefficient (Wildman–Crippen LogP) is 2.57. The molecule has 1 aromatic carbocycles. The van der Waals surface area contributed by atoms with E-state index in [4.69, 9.17) is 5.73 Å². The molecule has 1 heterocycles. The molecule has 0 saturated carbocycles. The highest BCUT2D eigenvalue weighted by Gasteiger charge is 2.00. The summed E-state index contributed by atoms with van der Waals surface area (Å²) in [5.41, 5.74) is 10.1. The number of nitrogen functional groups attached to an aromatic ring is 1. The number of aryl methyl sites for hydroxylation is 1. The Morgan fingerprint density at radius 2 is 1.77 bits per heavy atom. The number of rotatable bonds is 1. The SMILES string of the molecule is Cc1c[nH]cc1-c1ccc(N)cc1. The minimum atomic E-state index is 0.803. The molecule has 0 unspecified atom stereocenters. The largest absolute Gasteiger partial charge is 0.399 e. The molecule has 2 aromatic rings. The molecule has 0 saturated heterocycles. The van der Waals surface area contributed by atoms with Gasteiger partial charge in [0.2, 0.25) is 0 Å². The van der Waals surface area contributed by atoms with Gasteiger partial charge in [-0.25, -0.2) is 0 Å². The molecule has 0 aliphatic heterocycles. The predicted molar refractivity (Wildman–Crippen MR) is 55.4 cm³/mol. The summed E-state index contributed by atoms with van der Waals surface area (Å²) < 4.78 is 0. The van der Waals surface area contributed by atoms with Gasteiger partial charge in [-0.15, -0.1) is 0 Å². The van der Waals surface area contributed by atoms with Gasteiger partial charge in [-0.3, -0.25) is 0 Å². The first-order valence-corrected chi connectivity index (χ1v) is 4.26. The number of H-pyrrole nitrogens is 1. The number of anilines is 1. The highest BCUT2D eigenvalue weighted by atomic mass is 14.6. The van der Waals surface area contributed by atoms with E-state index in [1.807, 2.05) is 36.7 Å². The molecule has 2 heteroatoms. The van der Waals surface area contributed by atoms with Gasteiger partial charge >= 0.3 is 0 Å². The Kier molecular flexibility index (Phi) is 1.81. The van der Waals surface area contributed by atoms with Crippen LogP contribution in [0.15, 0.2) is 36.7 Å². The molecule has 2 nitrogen and oxygen atoms in total. The summed E-state index contributed by atoms with van der Waals surface area (Å²) in [6.07, 6.45) is 3.99. The van der Waals surface area contributed by atoms with Gasteiger partial charge in [0.25, 0.3) is 0 Å². The van der Waals surface area contributed by atoms with E-state index in [0.29, 0.717) is 0 Å². The third-order valence-corrected chi connectivity index (χ3v) is 2.17. The van der Waals surface area contributed by atoms with Gasteiger partial charge in [0.15, 0.2) is 0 Å². The number of nitrogens with two attached hydrogens (primary N) is 1. The van der Waals surface area contributed by atoms with E-state index < -0.39 is 0 Å². The number of nitrogens with one attached hydrogen (secondary N) is 1. The number of hydrogen-bond acceptors (Lipinski definition) is 1. The monoisotopic (exact) mass is 172 g/mol. The Balaban J connectivity index is 2.47. The fourth-order valence-corrected chi connectivity index (χ4v) is 1.42. The first-order chi connectivity index (χ1) is 6.27. The zero-order valence-corrected chi connectivity index (χ0v) is 7.54. The van der Waals surface area contributed by atoms with Gasteiger partial charge in [-0.05, 0) is 30.2 Å². The third kappa shape index (κ3) is 1.43. The Morgan fingerprint density at radius 1 is 1.08 bits per heavy atom. The second-order valence-electron chi connectivity index (χ2n) is 3.17. The average Bonchev–Trinajstić information content (AvgIpc) is 2.53. The maximum Gasteiger partial charge on any atom is 0.0314 e. The Bertz CT molecular complexity index is 398. The maximum atomic E-state index is 5.61. The van der Waals surface area contributed by atoms with Crippen molar-refractivity contribution in [2.24, 2.45) is 0 Å². The van der Waals surface area contributed by atoms with Crippen LogP contribution in [0.5, 0.6) is 0 Å². The van der Waals surface area contributed by atoms with Crippen LogP contribution in [-0.4, -0.2) is 4.98 Å². The molecule has 2 rings (SSSR count). The molecule has 13 heavy (non-hydrogen) atoms. The van der Waals surface area contributed by atoms with E-state index in [9.17, 15) is 0 Å². The van der Waals surface area contributed by atoms with Crippen LogP contribution in [-0.2, 0) is 0 Å². The van der Waals surface area contributed by atoms with Gasteiger partial charge < -0.3 is 10.7 Å². The standard InChI is InChI=1S/C11H12N2/c1-8-6-13-7-11(8)9-2-4-10(12)5-3-9/h2-7,13H,12H2,1H3. The molecule has 0 amide bonds. The van der Waals surface area contributed by atoms with Crippen LogP contribution in [0.25, 0.3) is 11.1 Å². The molecule has 0 aliphatic rings. The van der Waals surface area contributed by atoms with Gasteiger partial charge in [-0.2, -0.15) is 0 Å². The van der Waals surface area contributed by atoms with Crippen LogP contribution >= 0.6 is 0 Å². The molecule has 66 valence electrons. The smallest absolute Gasteiger partial charge is 0.0314 e. The van der Waals surface area contributed by atoms with Crippen LogP contribution in [0.1, 0.15) is 5.56 Å². The van der Waals surface area contributed by atoms with Gasteiger partial charge in [0, 0.05) is 23.6 Å². The quantitative estimate of drug-likeness (QED) is 0.638. The molecule has 0 bridgehead atoms. The lowest BCUT2D eigenvalue weighted by atomic mass is 10.1. The van der Waals surface area contributed by atoms with Crippen molar-refractivity contribution in [2.45, 2.75) is 6.92 Å². The normalized spacial score (nSPS) is 10.2. The van der Waals surface area contributed by atoms with Gasteiger partial charge in [0.1, 0.15) is 0 Å². The zero-order valence-electron chi connectivity index (χ0n) is 7.54. The number of aromatic amines is 1. The molecule has 0 fully saturated rings. The number of benzene rings is 1. The summed E-state index contributed by atoms with van der Waals surface area (Å²) in [7, 11) is 0. The molecule has 0 aliphatic carbocycles. The van der Waals surface area contributed by atoms with Crippen molar-refractivity contribution in [1.29, 1.82) is 0 Å². The highest BCUT2D eigenvalue weighted by Crippen LogP contribution is 2.23. The highest BCUT2D eigenvalue weighted by molar-refractivity contribution is 5.67. The van der Waals surface area contributed by atoms with Crippen LogP contribution in [0.4, 0.5) is 5.69 Å². The summed E-state index contributed by atoms with van der Waals surface area (Å²) >= 11 is 0. The minimum Gasteiger partial charge on any atom is -0.399 e. The molecule has 0 atom stereocenters. The first kappa shape index (κ1) is 7.92. The Morgan fingerprint density at radius 3 is 2.31 bits per heavy atom. The maximum absolute atomic E-state index is 5.61. The average molecular weight is 172 g/mol. The van der Waals surface area contributed by atoms with Crippen LogP contribution in [0.2, 0.25) is 0 Å². The summed E-state index contributed by atoms with van der Waals surface area (Å²) in [6, 6.07) is 7.90. The summed E-state index contributed by atoms with van der Waals surface area (Å²) in [4.78, 5) is 3.08. The molecule has 0 spiro atoms. The van der Waals surface area contributed by atoms with Crippen molar-refractivity contribution < 1.29 is 0 Å². The molecule has 3 N–H and O–H groups in total. The summed E-state index contributed by atoms with van der Waals surface area (Å²) in [6.45, 7) is 2.09. The van der Waals surface area contributed by atoms with E-state index in [-0.39, 0.29) is 0 Å². The Labute approximate surface area is 77.4 Å². The van der Waals surface area contributed by atoms with Crippen molar-refractivity contribution in [3.8, 4) is 11.1 Å². The summed E-state index contributed by atoms with van der Waals surface area (Å²) in [5, 5.41) is 0. The van der Waals surface area contributed by atoms with Crippen molar-refractivity contribution in [2.75, 3.05) is 5.73 Å². The first-order valence-electron chi connectivity index (χ1n) is 4.26. The van der Waals surface area contributed by atoms with Crippen molar-refractivity contribution in [3.63, 3.8) is 0 Å². The van der Waals surface area contributed by atoms with E-state index >= 15 is 0 Å². The number of hydrogen-bond donors (Lipinski definition) is 2. The van der Waals surface area contributed by atoms with Crippen LogP contribution in [0.3, 0.4) is 0 Å². The van der Waals surface area contributed by atoms with Crippen LogP contribution in [0, 0.1) is 6.92 Å². The summed E-state index contributed by atoms with van der Waals surface area (Å²) in [5.74, 6) is 0. The van der Waals surface area contributed by atoms with Crippen molar-refractivity contribution in [3.05, 3.63) is 42.2 Å². The third-order valence-electron chi connectivity index (χ3n) is 2.17. The fourth-order valence-electron chi connectivity index (χ4n) is 1.42. The van der Waals surface area contributed by atoms with Crippen molar-refractivity contribution >= 4 is 5.69 Å². The lowest BCUT2D eigenvalue weighted by molar-refractivity contribution is 1.39. The molecule has 1 aromatic heterocycles. The van der Waals surface area contributed by atoms with Gasteiger partial charge in [-0.1, -0.05) is 12.1 Å². The minimum absolute atomic E-state index is 0.803. The van der Waals surface area contributed by atoms with Crippen molar-refractivity contribution in [1.82, 2.24) is 4.98 Å². The molecular weight excluding hydrogens is 160 g/mol. The van der Waals surface area contributed by atoms with Crippen LogP contribution < -0.4 is 5.73 Å².